The molecule has 4 N–H and O–H groups in total. The van der Waals surface area contributed by atoms with Crippen LogP contribution >= 0.6 is 64.8 Å². The summed E-state index contributed by atoms with van der Waals surface area (Å²) in [6.45, 7) is 7.21. The molecule has 472 valence electrons. The predicted molar refractivity (Wildman–Crippen MR) is 365 cm³/mol. The molecule has 11 aliphatic heterocycles. The molecule has 4 aromatic rings. The number of nitrogens with zero attached hydrogens (tertiary/aromatic N) is 8. The summed E-state index contributed by atoms with van der Waals surface area (Å²) in [5, 5.41) is 40.3. The van der Waals surface area contributed by atoms with E-state index in [0.29, 0.717) is 25.7 Å². The first-order valence-corrected chi connectivity index (χ1v) is 38.4. The van der Waals surface area contributed by atoms with E-state index in [1.165, 1.54) is 104 Å². The highest BCUT2D eigenvalue weighted by atomic mass is 33.1. The van der Waals surface area contributed by atoms with Gasteiger partial charge in [0.2, 0.25) is 9.74 Å². The molecule has 8 bridgehead atoms. The molecule has 0 aliphatic carbocycles. The summed E-state index contributed by atoms with van der Waals surface area (Å²) in [7, 11) is 22.5. The molecular formula is C62H70N8O10S9. The van der Waals surface area contributed by atoms with Gasteiger partial charge in [-0.05, 0) is 99.0 Å². The minimum absolute atomic E-state index is 0.0310. The van der Waals surface area contributed by atoms with Crippen molar-refractivity contribution in [3.8, 4) is 0 Å². The van der Waals surface area contributed by atoms with Gasteiger partial charge in [0.15, 0.2) is 29.2 Å². The topological polar surface area (TPSA) is 209 Å². The maximum atomic E-state index is 13.6. The highest BCUT2D eigenvalue weighted by Gasteiger charge is 2.73. The summed E-state index contributed by atoms with van der Waals surface area (Å²) in [5.41, 5.74) is 9.77. The number of aryl methyl sites for hydroxylation is 2. The van der Waals surface area contributed by atoms with Crippen LogP contribution < -0.4 is 0 Å². The minimum atomic E-state index is -1.26. The summed E-state index contributed by atoms with van der Waals surface area (Å²) >= 11 is 5.46. The maximum absolute atomic E-state index is 13.6. The number of rotatable bonds is 17. The Morgan fingerprint density at radius 3 is 1.06 bits per heavy atom. The minimum Gasteiger partial charge on any atom is -0.393 e. The molecule has 11 aliphatic rings. The molecule has 15 rings (SSSR count). The highest BCUT2D eigenvalue weighted by molar-refractivity contribution is 8.79. The number of benzene rings is 4. The number of carbonyl (C=O) groups is 6. The summed E-state index contributed by atoms with van der Waals surface area (Å²) in [5.74, 6) is -0.925. The number of hydrogen-bond acceptors (Lipinski definition) is 19. The smallest absolute Gasteiger partial charge is 0.263 e. The van der Waals surface area contributed by atoms with Crippen molar-refractivity contribution in [1.29, 1.82) is 0 Å². The molecule has 0 radical (unpaired) electrons. The number of fused-ring (bicyclic) bond motifs is 11. The molecule has 27 heteroatoms. The Bertz CT molecular complexity index is 3600. The number of aliphatic hydroxyl groups excluding tert-OH is 4. The van der Waals surface area contributed by atoms with Crippen LogP contribution in [0.2, 0.25) is 0 Å². The van der Waals surface area contributed by atoms with Crippen LogP contribution in [0.5, 0.6) is 0 Å². The van der Waals surface area contributed by atoms with E-state index in [9.17, 15) is 49.2 Å². The zero-order chi connectivity index (χ0) is 64.2. The Morgan fingerprint density at radius 1 is 0.382 bits per heavy atom. The van der Waals surface area contributed by atoms with E-state index in [1.807, 2.05) is 96.7 Å². The number of carbonyl (C=O) groups excluding carboxylic acids is 6. The SMILES string of the molecule is C=C1N(C)[C@@]2(Cc3ccc(/C=C/c4ccc(C[C@@]56SS[C@@](CO)(C(=O)N5C)N(C)C6=O)cc4)cc3)SS[C@]1(CO)N(C)C2=O.C=C1N(C)[C@]2(Cc3ccc(CCc4ccc(C[C@@]56SS[C@@](CO)(C(=O)N5C)N(C)C6=O)cc4)cc3)C(=O)N(C)[C@@]1(CO)S2=S=S. The molecule has 1 unspecified atom stereocenters. The Balaban J connectivity index is 0.000000184. The van der Waals surface area contributed by atoms with E-state index in [4.69, 9.17) is 11.2 Å². The number of aliphatic hydroxyl groups is 4. The van der Waals surface area contributed by atoms with E-state index in [0.717, 1.165) is 57.6 Å². The average Bonchev–Trinajstić information content (AvgIpc) is 1.52. The van der Waals surface area contributed by atoms with Gasteiger partial charge in [0.25, 0.3) is 35.4 Å². The van der Waals surface area contributed by atoms with E-state index in [1.54, 1.807) is 52.1 Å². The van der Waals surface area contributed by atoms with Crippen molar-refractivity contribution < 1.29 is 49.2 Å². The van der Waals surface area contributed by atoms with Gasteiger partial charge in [-0.15, -0.1) is 0 Å². The molecule has 89 heavy (non-hydrogen) atoms. The molecule has 6 amide bonds. The third kappa shape index (κ3) is 9.52. The van der Waals surface area contributed by atoms with Gasteiger partial charge in [-0.1, -0.05) is 175 Å². The standard InChI is InChI=1S/C31H36N4O5S5.C31H34N4O5S4/c1-20-31(19-37)35(5)27(40)30(32(20)2,45(31)44-41)17-24-14-10-22(11-15-24)7-6-21-8-12-23(13-9-21)16-28-25(38)34(4)29(18-36,43-42-28)26(39)33(28)3;1-20-30(18-36)34(4)25(38)28(32(20)2,41-43-30)16-23-12-8-21(9-13-23)6-7-22-10-14-24(15-11-22)17-29-26(39)35(5)31(19-37,44-42-29)27(40)33(29)3/h8-15,36-37H,1,6-7,16-19H2,2-5H3;6-15,36-37H,1,16-19H2,2-5H3/b;7-6+/t28-,29-,30-,31-,45?;28-,29-,30-,31-/m00/s1. The number of piperazine rings is 4. The first kappa shape index (κ1) is 65.7. The summed E-state index contributed by atoms with van der Waals surface area (Å²) < 4.78 is 0. The van der Waals surface area contributed by atoms with Crippen LogP contribution in [0.3, 0.4) is 0 Å². The van der Waals surface area contributed by atoms with Gasteiger partial charge in [-0.25, -0.2) is 0 Å². The summed E-state index contributed by atoms with van der Waals surface area (Å²) in [6.07, 6.45) is 7.46. The van der Waals surface area contributed by atoms with Gasteiger partial charge in [0.05, 0.1) is 26.4 Å². The van der Waals surface area contributed by atoms with Gasteiger partial charge >= 0.3 is 0 Å². The lowest BCUT2D eigenvalue weighted by Crippen LogP contribution is -2.77. The molecule has 18 nitrogen and oxygen atoms in total. The van der Waals surface area contributed by atoms with Crippen LogP contribution in [0.1, 0.15) is 44.5 Å². The van der Waals surface area contributed by atoms with E-state index < -0.39 is 61.6 Å². The van der Waals surface area contributed by atoms with Crippen molar-refractivity contribution in [1.82, 2.24) is 39.2 Å². The summed E-state index contributed by atoms with van der Waals surface area (Å²) in [4.78, 5) is 85.0. The quantitative estimate of drug-likeness (QED) is 0.0809. The number of amides is 6. The van der Waals surface area contributed by atoms with Gasteiger partial charge in [0.1, 0.15) is 0 Å². The van der Waals surface area contributed by atoms with Crippen molar-refractivity contribution in [3.63, 3.8) is 0 Å². The van der Waals surface area contributed by atoms with Gasteiger partial charge < -0.3 is 59.6 Å². The third-order valence-corrected chi connectivity index (χ3v) is 36.4. The van der Waals surface area contributed by atoms with E-state index in [2.05, 4.69) is 49.6 Å². The molecular weight excluding hydrogens is 1310 g/mol. The van der Waals surface area contributed by atoms with E-state index in [-0.39, 0.29) is 48.7 Å². The van der Waals surface area contributed by atoms with E-state index >= 15 is 0 Å². The monoisotopic (exact) mass is 1370 g/mol. The Morgan fingerprint density at radius 2 is 0.685 bits per heavy atom. The Kier molecular flexibility index (Phi) is 17.7. The Hall–Kier alpha value is -4.75. The first-order chi connectivity index (χ1) is 42.3. The molecule has 11 heterocycles. The molecule has 9 atom stereocenters. The number of hydrogen-bond donors (Lipinski definition) is 4. The van der Waals surface area contributed by atoms with Crippen molar-refractivity contribution in [3.05, 3.63) is 166 Å². The van der Waals surface area contributed by atoms with Gasteiger partial charge in [-0.2, -0.15) is 0 Å². The predicted octanol–water partition coefficient (Wildman–Crippen LogP) is 5.01. The zero-order valence-corrected chi connectivity index (χ0v) is 57.7. The van der Waals surface area contributed by atoms with Crippen molar-refractivity contribution in [2.45, 2.75) is 77.5 Å². The molecule has 4 aromatic carbocycles. The fourth-order valence-electron chi connectivity index (χ4n) is 13.1. The lowest BCUT2D eigenvalue weighted by Gasteiger charge is -2.61. The second kappa shape index (κ2) is 24.0. The van der Waals surface area contributed by atoms with Gasteiger partial charge in [-0.3, -0.25) is 28.8 Å². The zero-order valence-electron chi connectivity index (χ0n) is 50.4. The second-order valence-corrected chi connectivity index (χ2v) is 36.3. The second-order valence-electron chi connectivity index (χ2n) is 23.6. The lowest BCUT2D eigenvalue weighted by atomic mass is 9.95. The van der Waals surface area contributed by atoms with Crippen molar-refractivity contribution >= 4 is 142 Å². The van der Waals surface area contributed by atoms with Crippen LogP contribution in [-0.4, -0.2) is 217 Å². The number of likely N-dealkylation sites (N-methyl/N-ethyl adjacent to an activating group) is 8. The Labute approximate surface area is 552 Å². The fraction of sp³-hybridized carbons (Fsp3) is 0.419. The molecule has 0 saturated carbocycles. The van der Waals surface area contributed by atoms with Crippen molar-refractivity contribution in [2.75, 3.05) is 82.8 Å². The van der Waals surface area contributed by atoms with Crippen LogP contribution in [0, 0.1) is 0 Å². The van der Waals surface area contributed by atoms with Crippen LogP contribution in [-0.2, 0) is 96.8 Å². The highest BCUT2D eigenvalue weighted by Crippen LogP contribution is 2.63. The third-order valence-electron chi connectivity index (χ3n) is 19.3. The van der Waals surface area contributed by atoms with Crippen molar-refractivity contribution in [2.24, 2.45) is 0 Å². The molecule has 11 fully saturated rings. The average molecular weight is 1380 g/mol. The van der Waals surface area contributed by atoms with Gasteiger partial charge in [0, 0.05) is 93.5 Å². The molecule has 0 aromatic heterocycles. The maximum Gasteiger partial charge on any atom is 0.263 e. The van der Waals surface area contributed by atoms with Crippen LogP contribution in [0.15, 0.2) is 122 Å². The largest absolute Gasteiger partial charge is 0.393 e. The summed E-state index contributed by atoms with van der Waals surface area (Å²) in [6, 6.07) is 32.6. The fourth-order valence-corrected chi connectivity index (χ4v) is 30.8. The lowest BCUT2D eigenvalue weighted by molar-refractivity contribution is -0.165. The first-order valence-electron chi connectivity index (χ1n) is 28.5. The normalized spacial score (nSPS) is 32.0. The van der Waals surface area contributed by atoms with Crippen LogP contribution in [0.4, 0.5) is 0 Å². The molecule has 0 spiro atoms. The molecule has 11 saturated heterocycles. The van der Waals surface area contributed by atoms with Crippen LogP contribution in [0.25, 0.3) is 12.2 Å².